The minimum absolute atomic E-state index is 0.165. The van der Waals surface area contributed by atoms with Gasteiger partial charge in [0.15, 0.2) is 11.5 Å². The van der Waals surface area contributed by atoms with Crippen molar-refractivity contribution in [2.75, 3.05) is 13.2 Å². The molecule has 0 saturated heterocycles. The number of hydrazone groups is 1. The Morgan fingerprint density at radius 2 is 1.77 bits per heavy atom. The van der Waals surface area contributed by atoms with Gasteiger partial charge in [-0.05, 0) is 56.2 Å². The Morgan fingerprint density at radius 1 is 1.04 bits per heavy atom. The van der Waals surface area contributed by atoms with E-state index in [-0.39, 0.29) is 4.90 Å². The second kappa shape index (κ2) is 9.24. The number of rotatable bonds is 9. The van der Waals surface area contributed by atoms with E-state index in [0.29, 0.717) is 30.3 Å². The molecule has 2 aromatic rings. The molecule has 0 aromatic heterocycles. The van der Waals surface area contributed by atoms with Crippen molar-refractivity contribution in [3.8, 4) is 11.5 Å². The van der Waals surface area contributed by atoms with E-state index in [1.807, 2.05) is 20.8 Å². The SMILES string of the molecule is CCCOc1ccc(/C=N/NS(=O)(=O)c2ccc(C)cc2)cc1OCC. The van der Waals surface area contributed by atoms with Gasteiger partial charge in [0.25, 0.3) is 10.0 Å². The Hall–Kier alpha value is -2.54. The Bertz CT molecular complexity index is 846. The zero-order valence-electron chi connectivity index (χ0n) is 15.2. The summed E-state index contributed by atoms with van der Waals surface area (Å²) in [4.78, 5) is 2.38. The molecule has 0 saturated carbocycles. The van der Waals surface area contributed by atoms with Gasteiger partial charge in [-0.15, -0.1) is 0 Å². The van der Waals surface area contributed by atoms with Gasteiger partial charge in [0.2, 0.25) is 0 Å². The number of hydrogen-bond acceptors (Lipinski definition) is 5. The molecular weight excluding hydrogens is 352 g/mol. The first-order chi connectivity index (χ1) is 12.5. The molecule has 26 heavy (non-hydrogen) atoms. The molecule has 0 fully saturated rings. The molecule has 0 bridgehead atoms. The summed E-state index contributed by atoms with van der Waals surface area (Å²) in [5, 5.41) is 3.85. The first kappa shape index (κ1) is 19.8. The van der Waals surface area contributed by atoms with E-state index in [1.165, 1.54) is 6.21 Å². The molecule has 0 heterocycles. The largest absolute Gasteiger partial charge is 0.490 e. The summed E-state index contributed by atoms with van der Waals surface area (Å²) in [5.41, 5.74) is 1.69. The Labute approximate surface area is 154 Å². The molecule has 1 N–H and O–H groups in total. The van der Waals surface area contributed by atoms with Crippen molar-refractivity contribution in [2.24, 2.45) is 5.10 Å². The van der Waals surface area contributed by atoms with Crippen LogP contribution in [0.5, 0.6) is 11.5 Å². The van der Waals surface area contributed by atoms with Crippen LogP contribution >= 0.6 is 0 Å². The van der Waals surface area contributed by atoms with E-state index in [9.17, 15) is 8.42 Å². The van der Waals surface area contributed by atoms with Gasteiger partial charge in [0.1, 0.15) is 0 Å². The first-order valence-corrected chi connectivity index (χ1v) is 9.95. The number of nitrogens with one attached hydrogen (secondary N) is 1. The van der Waals surface area contributed by atoms with E-state index in [0.717, 1.165) is 12.0 Å². The number of benzene rings is 2. The van der Waals surface area contributed by atoms with Gasteiger partial charge in [-0.2, -0.15) is 13.5 Å². The summed E-state index contributed by atoms with van der Waals surface area (Å²) in [6.07, 6.45) is 2.33. The van der Waals surface area contributed by atoms with Crippen LogP contribution in [0.15, 0.2) is 52.5 Å². The third-order valence-electron chi connectivity index (χ3n) is 3.45. The zero-order valence-corrected chi connectivity index (χ0v) is 16.0. The predicted octanol–water partition coefficient (Wildman–Crippen LogP) is 3.49. The Balaban J connectivity index is 2.11. The third kappa shape index (κ3) is 5.49. The summed E-state index contributed by atoms with van der Waals surface area (Å²) < 4.78 is 35.6. The van der Waals surface area contributed by atoms with Crippen LogP contribution in [0.2, 0.25) is 0 Å². The number of hydrogen-bond donors (Lipinski definition) is 1. The maximum absolute atomic E-state index is 12.2. The number of nitrogens with zero attached hydrogens (tertiary/aromatic N) is 1. The summed E-state index contributed by atoms with van der Waals surface area (Å²) in [6.45, 7) is 6.92. The lowest BCUT2D eigenvalue weighted by Gasteiger charge is -2.11. The monoisotopic (exact) mass is 376 g/mol. The lowest BCUT2D eigenvalue weighted by atomic mass is 10.2. The van der Waals surface area contributed by atoms with Crippen molar-refractivity contribution in [1.29, 1.82) is 0 Å². The predicted molar refractivity (Wildman–Crippen MR) is 102 cm³/mol. The number of sulfonamides is 1. The lowest BCUT2D eigenvalue weighted by molar-refractivity contribution is 0.277. The van der Waals surface area contributed by atoms with Gasteiger partial charge in [0, 0.05) is 0 Å². The molecule has 0 atom stereocenters. The summed E-state index contributed by atoms with van der Waals surface area (Å²) >= 11 is 0. The normalized spacial score (nSPS) is 11.5. The van der Waals surface area contributed by atoms with Crippen LogP contribution in [0.25, 0.3) is 0 Å². The van der Waals surface area contributed by atoms with Gasteiger partial charge in [0.05, 0.1) is 24.3 Å². The van der Waals surface area contributed by atoms with Crippen molar-refractivity contribution < 1.29 is 17.9 Å². The van der Waals surface area contributed by atoms with Crippen molar-refractivity contribution >= 4 is 16.2 Å². The highest BCUT2D eigenvalue weighted by atomic mass is 32.2. The van der Waals surface area contributed by atoms with Gasteiger partial charge >= 0.3 is 0 Å². The smallest absolute Gasteiger partial charge is 0.276 e. The molecule has 2 rings (SSSR count). The molecule has 0 unspecified atom stereocenters. The molecule has 0 amide bonds. The van der Waals surface area contributed by atoms with Crippen LogP contribution in [-0.4, -0.2) is 27.8 Å². The van der Waals surface area contributed by atoms with Crippen LogP contribution in [0.4, 0.5) is 0 Å². The molecule has 140 valence electrons. The van der Waals surface area contributed by atoms with Crippen LogP contribution in [0.1, 0.15) is 31.4 Å². The molecule has 0 spiro atoms. The van der Waals surface area contributed by atoms with Gasteiger partial charge in [-0.1, -0.05) is 24.6 Å². The van der Waals surface area contributed by atoms with Gasteiger partial charge in [-0.3, -0.25) is 0 Å². The van der Waals surface area contributed by atoms with E-state index >= 15 is 0 Å². The van der Waals surface area contributed by atoms with Gasteiger partial charge < -0.3 is 9.47 Å². The maximum Gasteiger partial charge on any atom is 0.276 e. The van der Waals surface area contributed by atoms with E-state index in [4.69, 9.17) is 9.47 Å². The molecule has 0 aliphatic rings. The van der Waals surface area contributed by atoms with Gasteiger partial charge in [-0.25, -0.2) is 4.83 Å². The summed E-state index contributed by atoms with van der Waals surface area (Å²) in [5.74, 6) is 1.26. The fourth-order valence-electron chi connectivity index (χ4n) is 2.14. The minimum Gasteiger partial charge on any atom is -0.490 e. The topological polar surface area (TPSA) is 77.0 Å². The minimum atomic E-state index is -3.69. The number of aryl methyl sites for hydroxylation is 1. The molecule has 0 radical (unpaired) electrons. The average molecular weight is 376 g/mol. The fraction of sp³-hybridized carbons (Fsp3) is 0.316. The summed E-state index contributed by atoms with van der Waals surface area (Å²) in [7, 11) is -3.69. The summed E-state index contributed by atoms with van der Waals surface area (Å²) in [6, 6.07) is 11.9. The zero-order chi connectivity index (χ0) is 19.0. The number of ether oxygens (including phenoxy) is 2. The second-order valence-electron chi connectivity index (χ2n) is 5.65. The van der Waals surface area contributed by atoms with Crippen molar-refractivity contribution in [1.82, 2.24) is 4.83 Å². The second-order valence-corrected chi connectivity index (χ2v) is 7.31. The highest BCUT2D eigenvalue weighted by molar-refractivity contribution is 7.89. The first-order valence-electron chi connectivity index (χ1n) is 8.47. The lowest BCUT2D eigenvalue weighted by Crippen LogP contribution is -2.18. The maximum atomic E-state index is 12.2. The Morgan fingerprint density at radius 3 is 2.42 bits per heavy atom. The molecule has 7 heteroatoms. The van der Waals surface area contributed by atoms with E-state index in [1.54, 1.807) is 42.5 Å². The van der Waals surface area contributed by atoms with Crippen molar-refractivity contribution in [3.05, 3.63) is 53.6 Å². The molecule has 2 aromatic carbocycles. The highest BCUT2D eigenvalue weighted by Crippen LogP contribution is 2.28. The van der Waals surface area contributed by atoms with E-state index in [2.05, 4.69) is 9.93 Å². The molecule has 6 nitrogen and oxygen atoms in total. The molecule has 0 aliphatic carbocycles. The average Bonchev–Trinajstić information content (AvgIpc) is 2.61. The molecule has 0 aliphatic heterocycles. The third-order valence-corrected chi connectivity index (χ3v) is 4.69. The standard InChI is InChI=1S/C19H24N2O4S/c1-4-12-25-18-11-8-16(13-19(18)24-5-2)14-20-21-26(22,23)17-9-6-15(3)7-10-17/h6-11,13-14,21H,4-5,12H2,1-3H3/b20-14+. The quantitative estimate of drug-likeness (QED) is 0.537. The van der Waals surface area contributed by atoms with Crippen molar-refractivity contribution in [2.45, 2.75) is 32.1 Å². The highest BCUT2D eigenvalue weighted by Gasteiger charge is 2.12. The van der Waals surface area contributed by atoms with E-state index < -0.39 is 10.0 Å². The fourth-order valence-corrected chi connectivity index (χ4v) is 2.94. The van der Waals surface area contributed by atoms with Crippen LogP contribution in [0.3, 0.4) is 0 Å². The van der Waals surface area contributed by atoms with Crippen LogP contribution < -0.4 is 14.3 Å². The molecular formula is C19H24N2O4S. The Kier molecular flexibility index (Phi) is 7.03. The van der Waals surface area contributed by atoms with Crippen LogP contribution in [-0.2, 0) is 10.0 Å². The van der Waals surface area contributed by atoms with Crippen molar-refractivity contribution in [3.63, 3.8) is 0 Å². The van der Waals surface area contributed by atoms with Crippen LogP contribution in [0, 0.1) is 6.92 Å².